The summed E-state index contributed by atoms with van der Waals surface area (Å²) in [6.07, 6.45) is 3.27. The van der Waals surface area contributed by atoms with Crippen LogP contribution >= 0.6 is 0 Å². The lowest BCUT2D eigenvalue weighted by Crippen LogP contribution is -2.16. The Labute approximate surface area is 136 Å². The number of benzene rings is 2. The zero-order chi connectivity index (χ0) is 16.7. The van der Waals surface area contributed by atoms with Crippen molar-refractivity contribution in [2.24, 2.45) is 0 Å². The third kappa shape index (κ3) is 4.17. The van der Waals surface area contributed by atoms with Crippen LogP contribution in [0.3, 0.4) is 0 Å². The Morgan fingerprint density at radius 2 is 1.96 bits per heavy atom. The van der Waals surface area contributed by atoms with Crippen molar-refractivity contribution in [3.8, 4) is 0 Å². The molecule has 1 aliphatic rings. The molecular weight excluding hydrogens is 293 g/mol. The molecule has 0 bridgehead atoms. The molecule has 0 aromatic heterocycles. The number of hydrogen-bond donors (Lipinski definition) is 2. The zero-order valence-electron chi connectivity index (χ0n) is 13.3. The predicted octanol–water partition coefficient (Wildman–Crippen LogP) is 2.80. The van der Waals surface area contributed by atoms with Crippen LogP contribution in [0.15, 0.2) is 42.5 Å². The van der Waals surface area contributed by atoms with Crippen molar-refractivity contribution in [2.45, 2.75) is 25.2 Å². The molecule has 0 fully saturated rings. The molecule has 23 heavy (non-hydrogen) atoms. The monoisotopic (exact) mass is 315 g/mol. The Morgan fingerprint density at radius 3 is 2.74 bits per heavy atom. The molecule has 3 rings (SSSR count). The lowest BCUT2D eigenvalue weighted by Gasteiger charge is -2.17. The van der Waals surface area contributed by atoms with Crippen LogP contribution in [0.1, 0.15) is 34.6 Å². The summed E-state index contributed by atoms with van der Waals surface area (Å²) >= 11 is 0. The van der Waals surface area contributed by atoms with Gasteiger partial charge in [0.15, 0.2) is 0 Å². The van der Waals surface area contributed by atoms with Gasteiger partial charge in [0.25, 0.3) is 0 Å². The maximum Gasteiger partial charge on any atom is 0.207 e. The Balaban J connectivity index is 0.000000924. The van der Waals surface area contributed by atoms with E-state index in [1.54, 1.807) is 6.07 Å². The van der Waals surface area contributed by atoms with E-state index < -0.39 is 0 Å². The Hall–Kier alpha value is -2.20. The minimum absolute atomic E-state index is 0.176. The summed E-state index contributed by atoms with van der Waals surface area (Å²) in [5.74, 6) is 0.140. The van der Waals surface area contributed by atoms with Crippen LogP contribution in [-0.4, -0.2) is 25.2 Å². The minimum atomic E-state index is -0.176. The molecule has 1 aliphatic carbocycles. The molecule has 1 atom stereocenters. The van der Waals surface area contributed by atoms with E-state index in [0.29, 0.717) is 12.5 Å². The number of carbonyl (C=O) groups excluding carboxylic acids is 1. The van der Waals surface area contributed by atoms with Gasteiger partial charge in [-0.05, 0) is 59.6 Å². The van der Waals surface area contributed by atoms with Gasteiger partial charge in [0, 0.05) is 13.7 Å². The highest BCUT2D eigenvalue weighted by atomic mass is 19.1. The van der Waals surface area contributed by atoms with Gasteiger partial charge in [-0.2, -0.15) is 0 Å². The van der Waals surface area contributed by atoms with E-state index in [4.69, 9.17) is 5.11 Å². The number of aliphatic hydroxyl groups is 1. The molecule has 0 radical (unpaired) electrons. The fourth-order valence-corrected chi connectivity index (χ4v) is 3.21. The highest BCUT2D eigenvalue weighted by Crippen LogP contribution is 2.33. The number of aliphatic hydroxyl groups excluding tert-OH is 1. The maximum absolute atomic E-state index is 13.5. The summed E-state index contributed by atoms with van der Waals surface area (Å²) in [5.41, 5.74) is 4.91. The van der Waals surface area contributed by atoms with Crippen molar-refractivity contribution < 1.29 is 14.3 Å². The van der Waals surface area contributed by atoms with Gasteiger partial charge >= 0.3 is 0 Å². The van der Waals surface area contributed by atoms with Crippen molar-refractivity contribution >= 4 is 6.41 Å². The number of hydrogen-bond acceptors (Lipinski definition) is 2. The SMILES string of the molecule is CO.O=CNCC[C@H]1Cc2cc(F)ccc2Cc2ccccc21. The predicted molar refractivity (Wildman–Crippen MR) is 88.9 cm³/mol. The second kappa shape index (κ2) is 8.44. The number of amides is 1. The molecule has 4 heteroatoms. The molecule has 1 amide bonds. The molecule has 2 aromatic rings. The molecule has 0 saturated carbocycles. The normalized spacial score (nSPS) is 15.3. The van der Waals surface area contributed by atoms with Crippen LogP contribution < -0.4 is 5.32 Å². The second-order valence-corrected chi connectivity index (χ2v) is 5.55. The van der Waals surface area contributed by atoms with Gasteiger partial charge in [0.1, 0.15) is 5.82 Å². The first-order valence-electron chi connectivity index (χ1n) is 7.75. The molecule has 0 unspecified atom stereocenters. The molecule has 0 heterocycles. The molecule has 0 saturated heterocycles. The number of fused-ring (bicyclic) bond motifs is 2. The average Bonchev–Trinajstić information content (AvgIpc) is 2.73. The molecule has 0 aliphatic heterocycles. The van der Waals surface area contributed by atoms with Gasteiger partial charge < -0.3 is 10.4 Å². The van der Waals surface area contributed by atoms with Gasteiger partial charge in [-0.15, -0.1) is 0 Å². The molecular formula is C19H22FNO2. The van der Waals surface area contributed by atoms with E-state index >= 15 is 0 Å². The van der Waals surface area contributed by atoms with Gasteiger partial charge in [-0.3, -0.25) is 4.79 Å². The Bertz CT molecular complexity index is 658. The van der Waals surface area contributed by atoms with Gasteiger partial charge in [0.05, 0.1) is 0 Å². The maximum atomic E-state index is 13.5. The standard InChI is InChI=1S/C18H18FNO.CH4O/c19-17-6-5-13-9-14-3-1-2-4-18(14)15(7-8-20-12-21)10-16(13)11-17;1-2/h1-6,11-12,15H,7-10H2,(H,20,21);2H,1H3/t15-;/m0./s1. The Kier molecular flexibility index (Phi) is 6.29. The third-order valence-corrected chi connectivity index (χ3v) is 4.23. The largest absolute Gasteiger partial charge is 0.400 e. The molecule has 2 aromatic carbocycles. The Morgan fingerprint density at radius 1 is 1.17 bits per heavy atom. The quantitative estimate of drug-likeness (QED) is 0.673. The number of carbonyl (C=O) groups is 1. The third-order valence-electron chi connectivity index (χ3n) is 4.23. The van der Waals surface area contributed by atoms with Crippen LogP contribution in [-0.2, 0) is 17.6 Å². The smallest absolute Gasteiger partial charge is 0.207 e. The van der Waals surface area contributed by atoms with E-state index in [1.165, 1.54) is 22.8 Å². The van der Waals surface area contributed by atoms with E-state index in [9.17, 15) is 9.18 Å². The summed E-state index contributed by atoms with van der Waals surface area (Å²) in [6, 6.07) is 13.5. The first-order chi connectivity index (χ1) is 11.3. The summed E-state index contributed by atoms with van der Waals surface area (Å²) in [5, 5.41) is 9.73. The van der Waals surface area contributed by atoms with E-state index in [-0.39, 0.29) is 5.82 Å². The van der Waals surface area contributed by atoms with E-state index in [2.05, 4.69) is 23.5 Å². The minimum Gasteiger partial charge on any atom is -0.400 e. The number of halogens is 1. The van der Waals surface area contributed by atoms with Crippen molar-refractivity contribution in [3.05, 3.63) is 70.5 Å². The highest BCUT2D eigenvalue weighted by molar-refractivity contribution is 5.46. The summed E-state index contributed by atoms with van der Waals surface area (Å²) in [7, 11) is 1.00. The van der Waals surface area contributed by atoms with Crippen molar-refractivity contribution in [3.63, 3.8) is 0 Å². The van der Waals surface area contributed by atoms with Crippen molar-refractivity contribution in [2.75, 3.05) is 13.7 Å². The van der Waals surface area contributed by atoms with E-state index in [1.807, 2.05) is 12.1 Å². The summed E-state index contributed by atoms with van der Waals surface area (Å²) in [6.45, 7) is 0.646. The lowest BCUT2D eigenvalue weighted by molar-refractivity contribution is -0.109. The van der Waals surface area contributed by atoms with Crippen LogP contribution in [0, 0.1) is 5.82 Å². The second-order valence-electron chi connectivity index (χ2n) is 5.55. The molecule has 0 spiro atoms. The van der Waals surface area contributed by atoms with E-state index in [0.717, 1.165) is 38.3 Å². The fraction of sp³-hybridized carbons (Fsp3) is 0.316. The van der Waals surface area contributed by atoms with Crippen LogP contribution in [0.25, 0.3) is 0 Å². The lowest BCUT2D eigenvalue weighted by atomic mass is 9.89. The number of nitrogens with one attached hydrogen (secondary N) is 1. The molecule has 3 nitrogen and oxygen atoms in total. The number of rotatable bonds is 4. The van der Waals surface area contributed by atoms with Crippen molar-refractivity contribution in [1.29, 1.82) is 0 Å². The summed E-state index contributed by atoms with van der Waals surface area (Å²) < 4.78 is 13.5. The highest BCUT2D eigenvalue weighted by Gasteiger charge is 2.21. The average molecular weight is 315 g/mol. The van der Waals surface area contributed by atoms with Crippen LogP contribution in [0.5, 0.6) is 0 Å². The van der Waals surface area contributed by atoms with Gasteiger partial charge in [-0.1, -0.05) is 30.3 Å². The first-order valence-corrected chi connectivity index (χ1v) is 7.75. The van der Waals surface area contributed by atoms with Crippen LogP contribution in [0.2, 0.25) is 0 Å². The fourth-order valence-electron chi connectivity index (χ4n) is 3.21. The first kappa shape index (κ1) is 17.2. The van der Waals surface area contributed by atoms with Crippen molar-refractivity contribution in [1.82, 2.24) is 5.32 Å². The van der Waals surface area contributed by atoms with Gasteiger partial charge in [0.2, 0.25) is 6.41 Å². The summed E-state index contributed by atoms with van der Waals surface area (Å²) in [4.78, 5) is 10.4. The molecule has 122 valence electrons. The molecule has 2 N–H and O–H groups in total. The van der Waals surface area contributed by atoms with Gasteiger partial charge in [-0.25, -0.2) is 4.39 Å². The topological polar surface area (TPSA) is 49.3 Å². The van der Waals surface area contributed by atoms with Crippen LogP contribution in [0.4, 0.5) is 4.39 Å². The zero-order valence-corrected chi connectivity index (χ0v) is 13.3.